The molecule has 0 aliphatic carbocycles. The lowest BCUT2D eigenvalue weighted by Gasteiger charge is -2.08. The van der Waals surface area contributed by atoms with Gasteiger partial charge in [0.05, 0.1) is 17.6 Å². The SMILES string of the molecule is COCc1ccc(C(=O)NCc2ccc(-n3cnc4ccccc43)nc2)cc1. The molecule has 1 N–H and O–H groups in total. The number of amides is 1. The van der Waals surface area contributed by atoms with Crippen LogP contribution in [0.3, 0.4) is 0 Å². The van der Waals surface area contributed by atoms with Crippen LogP contribution in [0.15, 0.2) is 73.2 Å². The Kier molecular flexibility index (Phi) is 5.12. The third kappa shape index (κ3) is 3.77. The van der Waals surface area contributed by atoms with E-state index in [1.807, 2.05) is 53.1 Å². The van der Waals surface area contributed by atoms with Crippen LogP contribution >= 0.6 is 0 Å². The Labute approximate surface area is 162 Å². The summed E-state index contributed by atoms with van der Waals surface area (Å²) in [6.45, 7) is 0.947. The highest BCUT2D eigenvalue weighted by Crippen LogP contribution is 2.16. The minimum atomic E-state index is -0.117. The summed E-state index contributed by atoms with van der Waals surface area (Å²) in [6, 6.07) is 19.2. The molecular formula is C22H20N4O2. The van der Waals surface area contributed by atoms with Crippen molar-refractivity contribution < 1.29 is 9.53 Å². The normalized spacial score (nSPS) is 10.9. The highest BCUT2D eigenvalue weighted by atomic mass is 16.5. The molecule has 2 aromatic carbocycles. The second kappa shape index (κ2) is 8.02. The van der Waals surface area contributed by atoms with Crippen LogP contribution in [0.4, 0.5) is 0 Å². The van der Waals surface area contributed by atoms with E-state index in [0.717, 1.165) is 28.0 Å². The van der Waals surface area contributed by atoms with Gasteiger partial charge >= 0.3 is 0 Å². The molecule has 0 bridgehead atoms. The molecular weight excluding hydrogens is 352 g/mol. The van der Waals surface area contributed by atoms with Gasteiger partial charge < -0.3 is 10.1 Å². The number of carbonyl (C=O) groups is 1. The molecule has 6 nitrogen and oxygen atoms in total. The Morgan fingerprint density at radius 2 is 1.79 bits per heavy atom. The first-order valence-corrected chi connectivity index (χ1v) is 8.98. The van der Waals surface area contributed by atoms with Gasteiger partial charge in [0.15, 0.2) is 0 Å². The summed E-state index contributed by atoms with van der Waals surface area (Å²) in [4.78, 5) is 21.2. The minimum absolute atomic E-state index is 0.117. The molecule has 0 saturated carbocycles. The quantitative estimate of drug-likeness (QED) is 0.562. The monoisotopic (exact) mass is 372 g/mol. The van der Waals surface area contributed by atoms with Crippen LogP contribution in [0.1, 0.15) is 21.5 Å². The van der Waals surface area contributed by atoms with Crippen molar-refractivity contribution in [2.24, 2.45) is 0 Å². The van der Waals surface area contributed by atoms with Gasteiger partial charge in [0, 0.05) is 25.4 Å². The predicted octanol–water partition coefficient (Wildman–Crippen LogP) is 3.50. The maximum absolute atomic E-state index is 12.3. The molecule has 140 valence electrons. The molecule has 0 saturated heterocycles. The Morgan fingerprint density at radius 1 is 1.00 bits per heavy atom. The Morgan fingerprint density at radius 3 is 2.54 bits per heavy atom. The van der Waals surface area contributed by atoms with Crippen molar-refractivity contribution in [1.29, 1.82) is 0 Å². The number of imidazole rings is 1. The molecule has 0 fully saturated rings. The lowest BCUT2D eigenvalue weighted by molar-refractivity contribution is 0.0951. The van der Waals surface area contributed by atoms with Crippen LogP contribution in [0.25, 0.3) is 16.9 Å². The highest BCUT2D eigenvalue weighted by molar-refractivity contribution is 5.94. The molecule has 0 unspecified atom stereocenters. The average molecular weight is 372 g/mol. The zero-order valence-corrected chi connectivity index (χ0v) is 15.5. The van der Waals surface area contributed by atoms with Crippen LogP contribution in [0.5, 0.6) is 0 Å². The summed E-state index contributed by atoms with van der Waals surface area (Å²) in [6.07, 6.45) is 3.54. The Balaban J connectivity index is 1.41. The number of rotatable bonds is 6. The molecule has 6 heteroatoms. The first-order valence-electron chi connectivity index (χ1n) is 8.98. The van der Waals surface area contributed by atoms with Crippen LogP contribution < -0.4 is 5.32 Å². The number of nitrogens with zero attached hydrogens (tertiary/aromatic N) is 3. The fraction of sp³-hybridized carbons (Fsp3) is 0.136. The molecule has 0 atom stereocenters. The molecule has 0 radical (unpaired) electrons. The third-order valence-electron chi connectivity index (χ3n) is 4.49. The number of ether oxygens (including phenoxy) is 1. The maximum Gasteiger partial charge on any atom is 0.251 e. The van der Waals surface area contributed by atoms with E-state index in [1.54, 1.807) is 31.8 Å². The van der Waals surface area contributed by atoms with Gasteiger partial charge in [-0.2, -0.15) is 0 Å². The predicted molar refractivity (Wildman–Crippen MR) is 107 cm³/mol. The number of aromatic nitrogens is 3. The number of hydrogen-bond donors (Lipinski definition) is 1. The second-order valence-electron chi connectivity index (χ2n) is 6.44. The molecule has 0 spiro atoms. The minimum Gasteiger partial charge on any atom is -0.380 e. The summed E-state index contributed by atoms with van der Waals surface area (Å²) < 4.78 is 7.02. The van der Waals surface area contributed by atoms with E-state index in [0.29, 0.717) is 18.7 Å². The van der Waals surface area contributed by atoms with Crippen LogP contribution in [0, 0.1) is 0 Å². The Bertz CT molecular complexity index is 1090. The summed E-state index contributed by atoms with van der Waals surface area (Å²) in [5, 5.41) is 2.92. The number of pyridine rings is 1. The maximum atomic E-state index is 12.3. The van der Waals surface area contributed by atoms with Gasteiger partial charge in [0.2, 0.25) is 0 Å². The van der Waals surface area contributed by atoms with Gasteiger partial charge in [-0.1, -0.05) is 30.3 Å². The van der Waals surface area contributed by atoms with E-state index in [4.69, 9.17) is 4.74 Å². The molecule has 2 aromatic heterocycles. The fourth-order valence-electron chi connectivity index (χ4n) is 3.01. The topological polar surface area (TPSA) is 69.0 Å². The van der Waals surface area contributed by atoms with Gasteiger partial charge in [-0.05, 0) is 41.5 Å². The molecule has 1 amide bonds. The lowest BCUT2D eigenvalue weighted by Crippen LogP contribution is -2.22. The summed E-state index contributed by atoms with van der Waals surface area (Å²) in [5.41, 5.74) is 4.52. The average Bonchev–Trinajstić information content (AvgIpc) is 3.17. The summed E-state index contributed by atoms with van der Waals surface area (Å²) in [5.74, 6) is 0.672. The molecule has 2 heterocycles. The second-order valence-corrected chi connectivity index (χ2v) is 6.44. The largest absolute Gasteiger partial charge is 0.380 e. The zero-order valence-electron chi connectivity index (χ0n) is 15.5. The van der Waals surface area contributed by atoms with Gasteiger partial charge in [-0.25, -0.2) is 9.97 Å². The van der Waals surface area contributed by atoms with Gasteiger partial charge in [0.25, 0.3) is 5.91 Å². The molecule has 0 aliphatic heterocycles. The number of para-hydroxylation sites is 2. The van der Waals surface area contributed by atoms with Crippen molar-refractivity contribution >= 4 is 16.9 Å². The third-order valence-corrected chi connectivity index (χ3v) is 4.49. The highest BCUT2D eigenvalue weighted by Gasteiger charge is 2.07. The first-order chi connectivity index (χ1) is 13.7. The van der Waals surface area contributed by atoms with E-state index >= 15 is 0 Å². The Hall–Kier alpha value is -3.51. The molecule has 4 aromatic rings. The van der Waals surface area contributed by atoms with Crippen molar-refractivity contribution in [3.63, 3.8) is 0 Å². The van der Waals surface area contributed by atoms with Gasteiger partial charge in [-0.15, -0.1) is 0 Å². The van der Waals surface area contributed by atoms with Gasteiger partial charge in [0.1, 0.15) is 12.1 Å². The van der Waals surface area contributed by atoms with Crippen LogP contribution in [0.2, 0.25) is 0 Å². The number of methoxy groups -OCH3 is 1. The standard InChI is InChI=1S/C22H20N4O2/c1-28-14-16-6-9-18(10-7-16)22(27)24-13-17-8-11-21(23-12-17)26-15-25-19-4-2-3-5-20(19)26/h2-12,15H,13-14H2,1H3,(H,24,27). The van der Waals surface area contributed by atoms with E-state index in [2.05, 4.69) is 15.3 Å². The summed E-state index contributed by atoms with van der Waals surface area (Å²) in [7, 11) is 1.65. The van der Waals surface area contributed by atoms with Crippen molar-refractivity contribution in [3.8, 4) is 5.82 Å². The van der Waals surface area contributed by atoms with Gasteiger partial charge in [-0.3, -0.25) is 9.36 Å². The van der Waals surface area contributed by atoms with E-state index in [9.17, 15) is 4.79 Å². The van der Waals surface area contributed by atoms with Crippen molar-refractivity contribution in [2.45, 2.75) is 13.2 Å². The first kappa shape index (κ1) is 17.9. The van der Waals surface area contributed by atoms with Crippen molar-refractivity contribution in [3.05, 3.63) is 89.9 Å². The number of hydrogen-bond acceptors (Lipinski definition) is 4. The number of nitrogens with one attached hydrogen (secondary N) is 1. The lowest BCUT2D eigenvalue weighted by atomic mass is 10.1. The zero-order chi connectivity index (χ0) is 19.3. The van der Waals surface area contributed by atoms with E-state index < -0.39 is 0 Å². The molecule has 0 aliphatic rings. The van der Waals surface area contributed by atoms with Crippen LogP contribution in [-0.4, -0.2) is 27.6 Å². The van der Waals surface area contributed by atoms with Crippen molar-refractivity contribution in [2.75, 3.05) is 7.11 Å². The summed E-state index contributed by atoms with van der Waals surface area (Å²) >= 11 is 0. The smallest absolute Gasteiger partial charge is 0.251 e. The van der Waals surface area contributed by atoms with Crippen LogP contribution in [-0.2, 0) is 17.9 Å². The number of carbonyl (C=O) groups excluding carboxylic acids is 1. The molecule has 28 heavy (non-hydrogen) atoms. The molecule has 4 rings (SSSR count). The van der Waals surface area contributed by atoms with E-state index in [-0.39, 0.29) is 5.91 Å². The number of fused-ring (bicyclic) bond motifs is 1. The van der Waals surface area contributed by atoms with E-state index in [1.165, 1.54) is 0 Å². The fourth-order valence-corrected chi connectivity index (χ4v) is 3.01. The van der Waals surface area contributed by atoms with Crippen molar-refractivity contribution in [1.82, 2.24) is 19.9 Å². The number of benzene rings is 2.